The van der Waals surface area contributed by atoms with Crippen molar-refractivity contribution in [3.05, 3.63) is 193 Å². The topological polar surface area (TPSA) is 51.6 Å². The van der Waals surface area contributed by atoms with Gasteiger partial charge in [0.2, 0.25) is 0 Å². The number of rotatable bonds is 3. The van der Waals surface area contributed by atoms with Crippen molar-refractivity contribution in [2.24, 2.45) is 0 Å². The summed E-state index contributed by atoms with van der Waals surface area (Å²) in [6, 6.07) is 59.8. The van der Waals surface area contributed by atoms with Crippen molar-refractivity contribution in [1.29, 1.82) is 0 Å². The maximum Gasteiger partial charge on any atom is 0.160 e. The summed E-state index contributed by atoms with van der Waals surface area (Å²) in [7, 11) is 0. The van der Waals surface area contributed by atoms with Gasteiger partial charge in [-0.2, -0.15) is 0 Å². The molecule has 4 nitrogen and oxygen atoms in total. The Morgan fingerprint density at radius 3 is 1.45 bits per heavy atom. The second-order valence-electron chi connectivity index (χ2n) is 12.4. The Morgan fingerprint density at radius 2 is 0.824 bits per heavy atom. The first-order valence-electron chi connectivity index (χ1n) is 17.2. The van der Waals surface area contributed by atoms with Crippen molar-refractivity contribution in [3.63, 3.8) is 0 Å². The van der Waals surface area contributed by atoms with Crippen LogP contribution in [0.2, 0.25) is 0 Å². The number of aromatic nitrogens is 4. The van der Waals surface area contributed by atoms with Crippen molar-refractivity contribution in [2.45, 2.75) is 20.8 Å². The number of nitrogens with zero attached hydrogens (tertiary/aromatic N) is 4. The van der Waals surface area contributed by atoms with Crippen LogP contribution in [0.3, 0.4) is 0 Å². The summed E-state index contributed by atoms with van der Waals surface area (Å²) in [5.41, 5.74) is 12.2. The van der Waals surface area contributed by atoms with Gasteiger partial charge in [0.15, 0.2) is 5.82 Å². The van der Waals surface area contributed by atoms with E-state index in [0.29, 0.717) is 0 Å². The largest absolute Gasteiger partial charge is 0.253 e. The standard InChI is InChI=1S/2C16H13N.C15H12N2/c1-12-11-15(13-7-3-2-4-8-13)14-9-5-6-10-16(14)17-12;1-12-11-16(13-7-3-2-4-8-13)17-15-10-6-5-9-14(12)15;1-11-13-9-5-6-10-14(13)17-15(16-11)12-7-3-2-4-8-12/h2*2-11H,1H3;2-10H,1H3. The number of benzene rings is 6. The van der Waals surface area contributed by atoms with Gasteiger partial charge in [0.25, 0.3) is 0 Å². The Morgan fingerprint density at radius 1 is 0.353 bits per heavy atom. The number of hydrogen-bond acceptors (Lipinski definition) is 4. The number of para-hydroxylation sites is 3. The highest BCUT2D eigenvalue weighted by Gasteiger charge is 2.07. The molecule has 0 saturated heterocycles. The maximum absolute atomic E-state index is 4.71. The molecule has 0 radical (unpaired) electrons. The zero-order valence-corrected chi connectivity index (χ0v) is 29.0. The third kappa shape index (κ3) is 7.71. The lowest BCUT2D eigenvalue weighted by Gasteiger charge is -2.07. The molecule has 0 aliphatic rings. The van der Waals surface area contributed by atoms with Gasteiger partial charge in [0, 0.05) is 38.7 Å². The molecular weight excluding hydrogens is 621 g/mol. The lowest BCUT2D eigenvalue weighted by molar-refractivity contribution is 1.16. The van der Waals surface area contributed by atoms with Gasteiger partial charge in [0.1, 0.15) is 0 Å². The van der Waals surface area contributed by atoms with Crippen molar-refractivity contribution in [1.82, 2.24) is 19.9 Å². The van der Waals surface area contributed by atoms with Gasteiger partial charge in [-0.3, -0.25) is 4.98 Å². The molecule has 0 N–H and O–H groups in total. The third-order valence-electron chi connectivity index (χ3n) is 8.75. The predicted octanol–water partition coefficient (Wildman–Crippen LogP) is 12.0. The molecule has 4 heteroatoms. The van der Waals surface area contributed by atoms with Crippen LogP contribution in [0.15, 0.2) is 176 Å². The normalized spacial score (nSPS) is 10.6. The molecule has 0 atom stereocenters. The smallest absolute Gasteiger partial charge is 0.160 e. The molecule has 3 heterocycles. The molecule has 0 unspecified atom stereocenters. The highest BCUT2D eigenvalue weighted by molar-refractivity contribution is 5.94. The number of fused-ring (bicyclic) bond motifs is 3. The molecule has 3 aromatic heterocycles. The van der Waals surface area contributed by atoms with E-state index in [1.807, 2.05) is 98.8 Å². The first kappa shape index (κ1) is 33.0. The van der Waals surface area contributed by atoms with Crippen molar-refractivity contribution in [2.75, 3.05) is 0 Å². The summed E-state index contributed by atoms with van der Waals surface area (Å²) >= 11 is 0. The van der Waals surface area contributed by atoms with Gasteiger partial charge in [0.05, 0.1) is 22.2 Å². The molecule has 0 fully saturated rings. The van der Waals surface area contributed by atoms with E-state index in [0.717, 1.165) is 50.4 Å². The highest BCUT2D eigenvalue weighted by atomic mass is 14.9. The second-order valence-corrected chi connectivity index (χ2v) is 12.4. The van der Waals surface area contributed by atoms with Crippen molar-refractivity contribution in [3.8, 4) is 33.8 Å². The van der Waals surface area contributed by atoms with Crippen LogP contribution in [0, 0.1) is 20.8 Å². The van der Waals surface area contributed by atoms with Crippen molar-refractivity contribution < 1.29 is 0 Å². The maximum atomic E-state index is 4.71. The first-order chi connectivity index (χ1) is 25.0. The average Bonchev–Trinajstić information content (AvgIpc) is 3.19. The predicted molar refractivity (Wildman–Crippen MR) is 214 cm³/mol. The van der Waals surface area contributed by atoms with Crippen LogP contribution in [0.5, 0.6) is 0 Å². The van der Waals surface area contributed by atoms with Crippen LogP contribution in [0.4, 0.5) is 0 Å². The van der Waals surface area contributed by atoms with Crippen LogP contribution in [-0.2, 0) is 0 Å². The Labute approximate surface area is 299 Å². The fourth-order valence-corrected chi connectivity index (χ4v) is 6.22. The summed E-state index contributed by atoms with van der Waals surface area (Å²) in [6.07, 6.45) is 0. The van der Waals surface area contributed by atoms with Crippen LogP contribution in [0.1, 0.15) is 17.0 Å². The van der Waals surface area contributed by atoms with Crippen LogP contribution in [0.25, 0.3) is 66.5 Å². The Hall–Kier alpha value is -6.52. The molecule has 51 heavy (non-hydrogen) atoms. The third-order valence-corrected chi connectivity index (χ3v) is 8.75. The molecule has 0 bridgehead atoms. The zero-order valence-electron chi connectivity index (χ0n) is 29.0. The molecule has 0 aliphatic carbocycles. The lowest BCUT2D eigenvalue weighted by atomic mass is 10.0. The lowest BCUT2D eigenvalue weighted by Crippen LogP contribution is -1.93. The molecule has 0 saturated carbocycles. The van der Waals surface area contributed by atoms with Crippen LogP contribution in [-0.4, -0.2) is 19.9 Å². The second kappa shape index (κ2) is 15.4. The van der Waals surface area contributed by atoms with E-state index in [2.05, 4.69) is 113 Å². The Kier molecular flexibility index (Phi) is 9.94. The van der Waals surface area contributed by atoms with Gasteiger partial charge in [-0.15, -0.1) is 0 Å². The fraction of sp³-hybridized carbons (Fsp3) is 0.0638. The fourth-order valence-electron chi connectivity index (χ4n) is 6.22. The van der Waals surface area contributed by atoms with E-state index in [4.69, 9.17) is 4.98 Å². The van der Waals surface area contributed by atoms with Gasteiger partial charge in [-0.05, 0) is 67.8 Å². The number of pyridine rings is 2. The van der Waals surface area contributed by atoms with Crippen LogP contribution >= 0.6 is 0 Å². The molecule has 0 spiro atoms. The Balaban J connectivity index is 0.000000119. The minimum atomic E-state index is 0.793. The summed E-state index contributed by atoms with van der Waals surface area (Å²) in [5.74, 6) is 0.793. The quantitative estimate of drug-likeness (QED) is 0.190. The van der Waals surface area contributed by atoms with E-state index in [-0.39, 0.29) is 0 Å². The molecule has 246 valence electrons. The number of hydrogen-bond donors (Lipinski definition) is 0. The summed E-state index contributed by atoms with van der Waals surface area (Å²) < 4.78 is 0. The molecule has 6 aromatic carbocycles. The van der Waals surface area contributed by atoms with E-state index in [1.165, 1.54) is 33.0 Å². The summed E-state index contributed by atoms with van der Waals surface area (Å²) in [5, 5.41) is 3.56. The average molecular weight is 659 g/mol. The Bertz CT molecular complexity index is 2420. The van der Waals surface area contributed by atoms with E-state index in [9.17, 15) is 0 Å². The van der Waals surface area contributed by atoms with E-state index in [1.54, 1.807) is 0 Å². The van der Waals surface area contributed by atoms with Gasteiger partial charge in [-0.25, -0.2) is 15.0 Å². The first-order valence-corrected chi connectivity index (χ1v) is 17.2. The van der Waals surface area contributed by atoms with Crippen LogP contribution < -0.4 is 0 Å². The number of aryl methyl sites for hydroxylation is 3. The van der Waals surface area contributed by atoms with Crippen molar-refractivity contribution >= 4 is 32.7 Å². The molecule has 9 aromatic rings. The van der Waals surface area contributed by atoms with Gasteiger partial charge in [-0.1, -0.05) is 146 Å². The minimum absolute atomic E-state index is 0.793. The SMILES string of the molecule is Cc1cc(-c2ccccc2)c2ccccc2n1.Cc1cc(-c2ccccc2)nc2ccccc12.Cc1nc(-c2ccccc2)nc2ccccc12. The van der Waals surface area contributed by atoms with E-state index >= 15 is 0 Å². The molecule has 9 rings (SSSR count). The summed E-state index contributed by atoms with van der Waals surface area (Å²) in [6.45, 7) is 6.20. The highest BCUT2D eigenvalue weighted by Crippen LogP contribution is 2.28. The molecular formula is C47H38N4. The monoisotopic (exact) mass is 658 g/mol. The van der Waals surface area contributed by atoms with E-state index < -0.39 is 0 Å². The van der Waals surface area contributed by atoms with Gasteiger partial charge < -0.3 is 0 Å². The molecule has 0 amide bonds. The zero-order chi connectivity index (χ0) is 35.0. The molecule has 0 aliphatic heterocycles. The minimum Gasteiger partial charge on any atom is -0.253 e. The van der Waals surface area contributed by atoms with Gasteiger partial charge >= 0.3 is 0 Å². The summed E-state index contributed by atoms with van der Waals surface area (Å²) in [4.78, 5) is 18.4.